The number of ether oxygens (including phenoxy) is 1. The molecule has 0 aromatic carbocycles. The molecule has 0 aliphatic carbocycles. The van der Waals surface area contributed by atoms with E-state index in [1.165, 1.54) is 7.11 Å². The number of halogens is 2. The van der Waals surface area contributed by atoms with Crippen LogP contribution >= 0.6 is 24.8 Å². The van der Waals surface area contributed by atoms with Crippen LogP contribution in [0.2, 0.25) is 0 Å². The van der Waals surface area contributed by atoms with Gasteiger partial charge in [-0.3, -0.25) is 19.4 Å². The Morgan fingerprint density at radius 1 is 0.778 bits per heavy atom. The normalized spacial score (nSPS) is 21.5. The molecule has 2 aliphatic heterocycles. The van der Waals surface area contributed by atoms with Crippen molar-refractivity contribution >= 4 is 36.8 Å². The maximum atomic E-state index is 11.2. The molecule has 2 rings (SSSR count). The van der Waals surface area contributed by atoms with Gasteiger partial charge in [0.25, 0.3) is 0 Å². The second kappa shape index (κ2) is 14.4. The van der Waals surface area contributed by atoms with E-state index in [1.807, 2.05) is 11.8 Å². The maximum absolute atomic E-state index is 11.2. The van der Waals surface area contributed by atoms with Gasteiger partial charge in [0.05, 0.1) is 7.11 Å². The number of nitrogens with zero attached hydrogens (tertiary/aromatic N) is 4. The van der Waals surface area contributed by atoms with Crippen LogP contribution in [0.4, 0.5) is 0 Å². The molecule has 2 aliphatic rings. The topological polar surface area (TPSA) is 76.6 Å². The molecule has 2 fully saturated rings. The zero-order valence-corrected chi connectivity index (χ0v) is 18.7. The summed E-state index contributed by atoms with van der Waals surface area (Å²) in [6.45, 7) is 11.3. The number of likely N-dealkylation sites (N-methyl/N-ethyl adjacent to an activating group) is 2. The molecule has 2 unspecified atom stereocenters. The van der Waals surface area contributed by atoms with Crippen molar-refractivity contribution in [3.8, 4) is 0 Å². The molecular weight excluding hydrogens is 395 g/mol. The highest BCUT2D eigenvalue weighted by Gasteiger charge is 2.25. The van der Waals surface area contributed by atoms with Crippen molar-refractivity contribution in [3.05, 3.63) is 0 Å². The molecule has 2 saturated heterocycles. The Morgan fingerprint density at radius 3 is 1.41 bits per heavy atom. The minimum absolute atomic E-state index is 0. The van der Waals surface area contributed by atoms with Crippen LogP contribution in [-0.2, 0) is 14.3 Å². The third-order valence-electron chi connectivity index (χ3n) is 5.07. The molecule has 2 heterocycles. The molecular formula is C17H36Cl2N4O4. The van der Waals surface area contributed by atoms with Gasteiger partial charge < -0.3 is 19.6 Å². The number of carbonyl (C=O) groups is 2. The lowest BCUT2D eigenvalue weighted by Crippen LogP contribution is -2.50. The van der Waals surface area contributed by atoms with Gasteiger partial charge in [0, 0.05) is 52.4 Å². The predicted octanol–water partition coefficient (Wildman–Crippen LogP) is 0.346. The molecule has 0 spiro atoms. The van der Waals surface area contributed by atoms with Crippen LogP contribution in [-0.4, -0.2) is 122 Å². The Hall–Kier alpha value is -0.640. The number of rotatable bonds is 4. The Bertz CT molecular complexity index is 429. The second-order valence-electron chi connectivity index (χ2n) is 6.89. The fourth-order valence-corrected chi connectivity index (χ4v) is 2.89. The van der Waals surface area contributed by atoms with Gasteiger partial charge in [-0.2, -0.15) is 0 Å². The zero-order valence-electron chi connectivity index (χ0n) is 17.1. The van der Waals surface area contributed by atoms with Crippen molar-refractivity contribution in [2.45, 2.75) is 25.9 Å². The highest BCUT2D eigenvalue weighted by atomic mass is 35.5. The Labute approximate surface area is 175 Å². The number of piperazine rings is 2. The average Bonchev–Trinajstić information content (AvgIpc) is 2.61. The Balaban J connectivity index is 0. The maximum Gasteiger partial charge on any atom is 0.322 e. The van der Waals surface area contributed by atoms with Gasteiger partial charge >= 0.3 is 11.9 Å². The lowest BCUT2D eigenvalue weighted by molar-refractivity contribution is -0.147. The van der Waals surface area contributed by atoms with Crippen LogP contribution in [0.5, 0.6) is 0 Å². The van der Waals surface area contributed by atoms with Gasteiger partial charge in [0.1, 0.15) is 12.1 Å². The van der Waals surface area contributed by atoms with E-state index in [4.69, 9.17) is 9.84 Å². The molecule has 1 N–H and O–H groups in total. The van der Waals surface area contributed by atoms with E-state index in [0.29, 0.717) is 0 Å². The van der Waals surface area contributed by atoms with Crippen molar-refractivity contribution in [1.29, 1.82) is 0 Å². The van der Waals surface area contributed by atoms with Gasteiger partial charge in [0.2, 0.25) is 0 Å². The number of carboxylic acids is 1. The van der Waals surface area contributed by atoms with Crippen molar-refractivity contribution < 1.29 is 19.4 Å². The summed E-state index contributed by atoms with van der Waals surface area (Å²) in [6.07, 6.45) is 0. The third kappa shape index (κ3) is 9.91. The van der Waals surface area contributed by atoms with E-state index in [2.05, 4.69) is 28.8 Å². The molecule has 27 heavy (non-hydrogen) atoms. The van der Waals surface area contributed by atoms with E-state index in [1.54, 1.807) is 6.92 Å². The number of carbonyl (C=O) groups excluding carboxylic acids is 1. The average molecular weight is 431 g/mol. The molecule has 0 radical (unpaired) electrons. The van der Waals surface area contributed by atoms with Crippen molar-refractivity contribution in [2.24, 2.45) is 0 Å². The molecule has 2 atom stereocenters. The summed E-state index contributed by atoms with van der Waals surface area (Å²) in [5.41, 5.74) is 0. The number of hydrogen-bond donors (Lipinski definition) is 1. The summed E-state index contributed by atoms with van der Waals surface area (Å²) in [6, 6.07) is -0.433. The van der Waals surface area contributed by atoms with Gasteiger partial charge in [-0.25, -0.2) is 0 Å². The summed E-state index contributed by atoms with van der Waals surface area (Å²) in [7, 11) is 5.60. The van der Waals surface area contributed by atoms with E-state index in [0.717, 1.165) is 52.4 Å². The largest absolute Gasteiger partial charge is 0.480 e. The molecule has 8 nitrogen and oxygen atoms in total. The zero-order chi connectivity index (χ0) is 19.0. The van der Waals surface area contributed by atoms with E-state index in [-0.39, 0.29) is 42.9 Å². The molecule has 0 aromatic heterocycles. The number of aliphatic carboxylic acids is 1. The predicted molar refractivity (Wildman–Crippen MR) is 111 cm³/mol. The lowest BCUT2D eigenvalue weighted by Gasteiger charge is -2.35. The minimum Gasteiger partial charge on any atom is -0.480 e. The first-order valence-electron chi connectivity index (χ1n) is 8.92. The molecule has 0 amide bonds. The first-order chi connectivity index (χ1) is 11.8. The molecule has 162 valence electrons. The SMILES string of the molecule is CC(C(=O)O)N1CCN(C)CC1.COC(=O)C(C)N1CCN(C)CC1.Cl.Cl. The van der Waals surface area contributed by atoms with Gasteiger partial charge in [-0.1, -0.05) is 0 Å². The van der Waals surface area contributed by atoms with Crippen LogP contribution in [0.1, 0.15) is 13.8 Å². The first kappa shape index (κ1) is 28.6. The standard InChI is InChI=1S/C9H18N2O2.C8H16N2O2.2ClH/c1-8(9(12)13-3)11-6-4-10(2)5-7-11;1-7(8(11)12)10-5-3-9(2)4-6-10;;/h8H,4-7H2,1-3H3;7H,3-6H2,1-2H3,(H,11,12);2*1H. The monoisotopic (exact) mass is 430 g/mol. The fourth-order valence-electron chi connectivity index (χ4n) is 2.89. The van der Waals surface area contributed by atoms with Gasteiger partial charge in [-0.15, -0.1) is 24.8 Å². The first-order valence-corrected chi connectivity index (χ1v) is 8.92. The number of esters is 1. The third-order valence-corrected chi connectivity index (χ3v) is 5.07. The summed E-state index contributed by atoms with van der Waals surface area (Å²) in [5.74, 6) is -0.857. The van der Waals surface area contributed by atoms with E-state index in [9.17, 15) is 9.59 Å². The van der Waals surface area contributed by atoms with E-state index >= 15 is 0 Å². The summed E-state index contributed by atoms with van der Waals surface area (Å²) in [4.78, 5) is 30.5. The highest BCUT2D eigenvalue weighted by Crippen LogP contribution is 2.06. The fraction of sp³-hybridized carbons (Fsp3) is 0.882. The molecule has 0 aromatic rings. The van der Waals surface area contributed by atoms with Crippen LogP contribution in [0.15, 0.2) is 0 Å². The van der Waals surface area contributed by atoms with Gasteiger partial charge in [-0.05, 0) is 27.9 Å². The highest BCUT2D eigenvalue weighted by molar-refractivity contribution is 5.85. The lowest BCUT2D eigenvalue weighted by atomic mass is 10.2. The van der Waals surface area contributed by atoms with Crippen molar-refractivity contribution in [2.75, 3.05) is 73.6 Å². The second-order valence-corrected chi connectivity index (χ2v) is 6.89. The Morgan fingerprint density at radius 2 is 1.11 bits per heavy atom. The van der Waals surface area contributed by atoms with Crippen molar-refractivity contribution in [1.82, 2.24) is 19.6 Å². The van der Waals surface area contributed by atoms with Crippen molar-refractivity contribution in [3.63, 3.8) is 0 Å². The minimum atomic E-state index is -0.723. The van der Waals surface area contributed by atoms with Gasteiger partial charge in [0.15, 0.2) is 0 Å². The summed E-state index contributed by atoms with van der Waals surface area (Å²) < 4.78 is 4.70. The quantitative estimate of drug-likeness (QED) is 0.639. The van der Waals surface area contributed by atoms with Crippen LogP contribution in [0, 0.1) is 0 Å². The van der Waals surface area contributed by atoms with Crippen LogP contribution in [0.25, 0.3) is 0 Å². The smallest absolute Gasteiger partial charge is 0.322 e. The van der Waals surface area contributed by atoms with Crippen LogP contribution < -0.4 is 0 Å². The number of hydrogen-bond acceptors (Lipinski definition) is 7. The Kier molecular flexibility index (Phi) is 15.2. The summed E-state index contributed by atoms with van der Waals surface area (Å²) in [5, 5.41) is 8.74. The summed E-state index contributed by atoms with van der Waals surface area (Å²) >= 11 is 0. The molecule has 10 heteroatoms. The van der Waals surface area contributed by atoms with Crippen LogP contribution in [0.3, 0.4) is 0 Å². The number of methoxy groups -OCH3 is 1. The number of carboxylic acid groups (broad SMARTS) is 1. The molecule has 0 saturated carbocycles. The molecule has 0 bridgehead atoms. The van der Waals surface area contributed by atoms with E-state index < -0.39 is 5.97 Å².